The zero-order valence-electron chi connectivity index (χ0n) is 12.7. The van der Waals surface area contributed by atoms with Gasteiger partial charge in [0.15, 0.2) is 0 Å². The Morgan fingerprint density at radius 2 is 2.05 bits per heavy atom. The van der Waals surface area contributed by atoms with E-state index in [1.165, 1.54) is 6.26 Å². The van der Waals surface area contributed by atoms with Gasteiger partial charge in [0, 0.05) is 13.4 Å². The molecule has 0 radical (unpaired) electrons. The first-order chi connectivity index (χ1) is 9.93. The molecule has 1 N–H and O–H groups in total. The van der Waals surface area contributed by atoms with Crippen LogP contribution in [0.4, 0.5) is 0 Å². The molecule has 3 atom stereocenters. The van der Waals surface area contributed by atoms with Crippen LogP contribution in [-0.2, 0) is 21.2 Å². The number of sulfone groups is 1. The topological polar surface area (TPSA) is 63.6 Å². The molecule has 0 aliphatic heterocycles. The van der Waals surface area contributed by atoms with Gasteiger partial charge in [-0.3, -0.25) is 0 Å². The first kappa shape index (κ1) is 16.5. The van der Waals surface area contributed by atoms with Gasteiger partial charge in [0.05, 0.1) is 18.0 Å². The van der Waals surface area contributed by atoms with E-state index in [4.69, 9.17) is 4.74 Å². The van der Waals surface area contributed by atoms with Crippen LogP contribution < -0.4 is 0 Å². The molecule has 0 aromatic heterocycles. The van der Waals surface area contributed by atoms with Crippen LogP contribution in [0.1, 0.15) is 42.9 Å². The van der Waals surface area contributed by atoms with Gasteiger partial charge in [0.25, 0.3) is 0 Å². The van der Waals surface area contributed by atoms with Gasteiger partial charge in [-0.05, 0) is 36.3 Å². The maximum Gasteiger partial charge on any atom is 0.150 e. The van der Waals surface area contributed by atoms with E-state index < -0.39 is 15.9 Å². The second kappa shape index (κ2) is 6.90. The van der Waals surface area contributed by atoms with Gasteiger partial charge < -0.3 is 9.84 Å². The summed E-state index contributed by atoms with van der Waals surface area (Å²) in [6.07, 6.45) is 3.65. The lowest BCUT2D eigenvalue weighted by molar-refractivity contribution is 0.0824. The number of hydrogen-bond acceptors (Lipinski definition) is 4. The third-order valence-electron chi connectivity index (χ3n) is 4.39. The molecule has 4 nitrogen and oxygen atoms in total. The average Bonchev–Trinajstić information content (AvgIpc) is 2.47. The van der Waals surface area contributed by atoms with Gasteiger partial charge >= 0.3 is 0 Å². The van der Waals surface area contributed by atoms with Crippen molar-refractivity contribution in [2.24, 2.45) is 5.92 Å². The summed E-state index contributed by atoms with van der Waals surface area (Å²) in [5.74, 6) is -0.00326. The molecule has 1 aromatic carbocycles. The van der Waals surface area contributed by atoms with Gasteiger partial charge in [0.2, 0.25) is 0 Å². The van der Waals surface area contributed by atoms with Gasteiger partial charge in [-0.1, -0.05) is 30.7 Å². The Labute approximate surface area is 127 Å². The van der Waals surface area contributed by atoms with E-state index >= 15 is 0 Å². The molecule has 0 amide bonds. The molecule has 21 heavy (non-hydrogen) atoms. The lowest BCUT2D eigenvalue weighted by Crippen LogP contribution is -2.30. The summed E-state index contributed by atoms with van der Waals surface area (Å²) in [7, 11) is -1.40. The average molecular weight is 312 g/mol. The van der Waals surface area contributed by atoms with Crippen molar-refractivity contribution in [1.82, 2.24) is 0 Å². The van der Waals surface area contributed by atoms with Crippen LogP contribution in [-0.4, -0.2) is 32.1 Å². The third-order valence-corrected chi connectivity index (χ3v) is 6.03. The number of benzene rings is 1. The van der Waals surface area contributed by atoms with Gasteiger partial charge in [0.1, 0.15) is 9.84 Å². The fourth-order valence-electron chi connectivity index (χ4n) is 3.22. The Morgan fingerprint density at radius 3 is 2.71 bits per heavy atom. The summed E-state index contributed by atoms with van der Waals surface area (Å²) < 4.78 is 28.7. The molecule has 0 spiro atoms. The summed E-state index contributed by atoms with van der Waals surface area (Å²) in [4.78, 5) is 0. The molecule has 1 fully saturated rings. The second-order valence-electron chi connectivity index (χ2n) is 5.95. The van der Waals surface area contributed by atoms with Crippen LogP contribution in [0.5, 0.6) is 0 Å². The summed E-state index contributed by atoms with van der Waals surface area (Å²) in [5.41, 5.74) is 1.83. The number of hydrogen-bond donors (Lipinski definition) is 1. The van der Waals surface area contributed by atoms with Crippen LogP contribution in [0.15, 0.2) is 24.3 Å². The normalized spacial score (nSPS) is 24.7. The van der Waals surface area contributed by atoms with Crippen molar-refractivity contribution < 1.29 is 18.3 Å². The first-order valence-corrected chi connectivity index (χ1v) is 9.32. The molecule has 3 unspecified atom stereocenters. The molecule has 118 valence electrons. The van der Waals surface area contributed by atoms with Crippen molar-refractivity contribution in [2.45, 2.75) is 43.6 Å². The van der Waals surface area contributed by atoms with Gasteiger partial charge in [-0.15, -0.1) is 0 Å². The molecule has 0 bridgehead atoms. The maximum absolute atomic E-state index is 11.8. The highest BCUT2D eigenvalue weighted by Crippen LogP contribution is 2.37. The standard InChI is InChI=1S/C16H24O4S/c1-20-11-13-6-3-4-9-15(13)16(17)12-7-5-8-14(10-12)21(2,18)19/h3-4,6,9,12,14,16-17H,5,7-8,10-11H2,1-2H3. The number of aliphatic hydroxyl groups excluding tert-OH is 1. The highest BCUT2D eigenvalue weighted by atomic mass is 32.2. The van der Waals surface area contributed by atoms with Crippen molar-refractivity contribution in [3.05, 3.63) is 35.4 Å². The van der Waals surface area contributed by atoms with E-state index in [1.807, 2.05) is 24.3 Å². The Bertz CT molecular complexity index is 567. The molecule has 1 aromatic rings. The second-order valence-corrected chi connectivity index (χ2v) is 8.28. The zero-order chi connectivity index (χ0) is 15.5. The monoisotopic (exact) mass is 312 g/mol. The molecular formula is C16H24O4S. The van der Waals surface area contributed by atoms with Crippen LogP contribution in [0.25, 0.3) is 0 Å². The number of rotatable bonds is 5. The molecular weight excluding hydrogens is 288 g/mol. The Balaban J connectivity index is 2.18. The summed E-state index contributed by atoms with van der Waals surface area (Å²) in [5, 5.41) is 10.4. The van der Waals surface area contributed by atoms with Crippen molar-refractivity contribution in [3.8, 4) is 0 Å². The predicted octanol–water partition coefficient (Wildman–Crippen LogP) is 2.47. The molecule has 2 rings (SSSR count). The quantitative estimate of drug-likeness (QED) is 0.907. The van der Waals surface area contributed by atoms with Gasteiger partial charge in [-0.25, -0.2) is 8.42 Å². The van der Waals surface area contributed by atoms with Crippen molar-refractivity contribution in [3.63, 3.8) is 0 Å². The number of ether oxygens (including phenoxy) is 1. The fraction of sp³-hybridized carbons (Fsp3) is 0.625. The van der Waals surface area contributed by atoms with Crippen LogP contribution in [0.2, 0.25) is 0 Å². The minimum absolute atomic E-state index is 0.00326. The highest BCUT2D eigenvalue weighted by molar-refractivity contribution is 7.91. The highest BCUT2D eigenvalue weighted by Gasteiger charge is 2.33. The van der Waals surface area contributed by atoms with Crippen molar-refractivity contribution >= 4 is 9.84 Å². The van der Waals surface area contributed by atoms with E-state index in [1.54, 1.807) is 7.11 Å². The van der Waals surface area contributed by atoms with E-state index in [2.05, 4.69) is 0 Å². The minimum atomic E-state index is -3.03. The minimum Gasteiger partial charge on any atom is -0.388 e. The van der Waals surface area contributed by atoms with Crippen LogP contribution in [0, 0.1) is 5.92 Å². The maximum atomic E-state index is 11.8. The summed E-state index contributed by atoms with van der Waals surface area (Å²) in [6, 6.07) is 7.67. The molecule has 1 aliphatic carbocycles. The Morgan fingerprint density at radius 1 is 1.33 bits per heavy atom. The molecule has 1 aliphatic rings. The summed E-state index contributed by atoms with van der Waals surface area (Å²) in [6.45, 7) is 0.454. The van der Waals surface area contributed by atoms with Gasteiger partial charge in [-0.2, -0.15) is 0 Å². The predicted molar refractivity (Wildman–Crippen MR) is 82.7 cm³/mol. The Kier molecular flexibility index (Phi) is 5.41. The van der Waals surface area contributed by atoms with Crippen molar-refractivity contribution in [2.75, 3.05) is 13.4 Å². The molecule has 1 saturated carbocycles. The number of methoxy groups -OCH3 is 1. The summed E-state index contributed by atoms with van der Waals surface area (Å²) >= 11 is 0. The Hall–Kier alpha value is -0.910. The molecule has 0 heterocycles. The molecule has 5 heteroatoms. The van der Waals surface area contributed by atoms with Crippen LogP contribution >= 0.6 is 0 Å². The zero-order valence-corrected chi connectivity index (χ0v) is 13.5. The number of aliphatic hydroxyl groups is 1. The lowest BCUT2D eigenvalue weighted by Gasteiger charge is -2.32. The van der Waals surface area contributed by atoms with E-state index in [-0.39, 0.29) is 11.2 Å². The molecule has 0 saturated heterocycles. The fourth-order valence-corrected chi connectivity index (χ4v) is 4.41. The SMILES string of the molecule is COCc1ccccc1C(O)C1CCCC(S(C)(=O)=O)C1. The van der Waals surface area contributed by atoms with E-state index in [9.17, 15) is 13.5 Å². The largest absolute Gasteiger partial charge is 0.388 e. The van der Waals surface area contributed by atoms with Crippen LogP contribution in [0.3, 0.4) is 0 Å². The first-order valence-electron chi connectivity index (χ1n) is 7.37. The lowest BCUT2D eigenvalue weighted by atomic mass is 9.81. The third kappa shape index (κ3) is 4.05. The van der Waals surface area contributed by atoms with E-state index in [0.29, 0.717) is 19.4 Å². The van der Waals surface area contributed by atoms with Crippen molar-refractivity contribution in [1.29, 1.82) is 0 Å². The smallest absolute Gasteiger partial charge is 0.150 e. The van der Waals surface area contributed by atoms with E-state index in [0.717, 1.165) is 24.0 Å².